The molecule has 2 aromatic rings. The van der Waals surface area contributed by atoms with Crippen LogP contribution in [0.2, 0.25) is 0 Å². The molecule has 3 rings (SSSR count). The first-order valence-corrected chi connectivity index (χ1v) is 7.91. The van der Waals surface area contributed by atoms with Gasteiger partial charge in [-0.2, -0.15) is 0 Å². The zero-order valence-corrected chi connectivity index (χ0v) is 13.7. The number of nitro groups is 1. The van der Waals surface area contributed by atoms with Crippen LogP contribution in [0.4, 0.5) is 5.69 Å². The predicted molar refractivity (Wildman–Crippen MR) is 91.6 cm³/mol. The van der Waals surface area contributed by atoms with Crippen LogP contribution in [-0.2, 0) is 4.79 Å². The highest BCUT2D eigenvalue weighted by atomic mass is 16.6. The van der Waals surface area contributed by atoms with Crippen molar-refractivity contribution in [3.63, 3.8) is 0 Å². The molecule has 0 unspecified atom stereocenters. The molecule has 1 heterocycles. The lowest BCUT2D eigenvalue weighted by Crippen LogP contribution is -2.67. The molecule has 1 fully saturated rings. The molecule has 1 saturated heterocycles. The van der Waals surface area contributed by atoms with E-state index >= 15 is 0 Å². The maximum atomic E-state index is 12.6. The molecule has 1 aliphatic rings. The molecule has 7 heteroatoms. The van der Waals surface area contributed by atoms with Crippen molar-refractivity contribution in [1.29, 1.82) is 0 Å². The van der Waals surface area contributed by atoms with Gasteiger partial charge in [-0.3, -0.25) is 14.9 Å². The average molecular weight is 342 g/mol. The lowest BCUT2D eigenvalue weighted by molar-refractivity contribution is -0.481. The average Bonchev–Trinajstić information content (AvgIpc) is 2.64. The molecule has 0 radical (unpaired) electrons. The van der Waals surface area contributed by atoms with Gasteiger partial charge in [-0.15, -0.1) is 0 Å². The third-order valence-corrected chi connectivity index (χ3v) is 4.13. The first-order chi connectivity index (χ1) is 12.1. The Morgan fingerprint density at radius 2 is 1.76 bits per heavy atom. The van der Waals surface area contributed by atoms with E-state index in [0.717, 1.165) is 0 Å². The summed E-state index contributed by atoms with van der Waals surface area (Å²) in [5.74, 6) is 1.04. The summed E-state index contributed by atoms with van der Waals surface area (Å²) >= 11 is 0. The first kappa shape index (κ1) is 16.8. The van der Waals surface area contributed by atoms with Crippen LogP contribution in [0.15, 0.2) is 54.6 Å². The van der Waals surface area contributed by atoms with E-state index < -0.39 is 6.10 Å². The predicted octanol–water partition coefficient (Wildman–Crippen LogP) is 2.52. The Labute approximate surface area is 144 Å². The Hall–Kier alpha value is -3.09. The second-order valence-electron chi connectivity index (χ2n) is 5.67. The second kappa shape index (κ2) is 7.21. The fraction of sp³-hybridized carbons (Fsp3) is 0.278. The Balaban J connectivity index is 1.79. The van der Waals surface area contributed by atoms with Crippen molar-refractivity contribution in [2.24, 2.45) is 0 Å². The minimum Gasteiger partial charge on any atom is -0.497 e. The number of amides is 1. The van der Waals surface area contributed by atoms with E-state index in [-0.39, 0.29) is 29.8 Å². The molecule has 0 saturated carbocycles. The molecule has 2 aromatic carbocycles. The van der Waals surface area contributed by atoms with Gasteiger partial charge in [0, 0.05) is 17.0 Å². The molecule has 0 aromatic heterocycles. The van der Waals surface area contributed by atoms with Crippen molar-refractivity contribution in [2.75, 3.05) is 18.6 Å². The fourth-order valence-electron chi connectivity index (χ4n) is 2.87. The van der Waals surface area contributed by atoms with Crippen molar-refractivity contribution < 1.29 is 19.2 Å². The largest absolute Gasteiger partial charge is 0.497 e. The number of anilines is 1. The molecule has 7 nitrogen and oxygen atoms in total. The van der Waals surface area contributed by atoms with Crippen LogP contribution in [0.25, 0.3) is 0 Å². The molecular formula is C18H18N2O5. The van der Waals surface area contributed by atoms with Crippen molar-refractivity contribution >= 4 is 11.6 Å². The number of β-lactam (4-membered cyclic amide) rings is 1. The quantitative estimate of drug-likeness (QED) is 0.439. The van der Waals surface area contributed by atoms with Gasteiger partial charge >= 0.3 is 0 Å². The molecule has 0 bridgehead atoms. The number of carbonyl (C=O) groups excluding carboxylic acids is 1. The zero-order valence-electron chi connectivity index (χ0n) is 13.7. The van der Waals surface area contributed by atoms with E-state index in [2.05, 4.69) is 0 Å². The smallest absolute Gasteiger partial charge is 0.270 e. The third-order valence-electron chi connectivity index (χ3n) is 4.13. The minimum atomic E-state index is -0.718. The number of hydrogen-bond donors (Lipinski definition) is 0. The highest BCUT2D eigenvalue weighted by Gasteiger charge is 2.50. The monoisotopic (exact) mass is 342 g/mol. The van der Waals surface area contributed by atoms with E-state index in [1.807, 2.05) is 18.2 Å². The lowest BCUT2D eigenvalue weighted by atomic mass is 9.93. The van der Waals surface area contributed by atoms with Gasteiger partial charge in [-0.1, -0.05) is 18.2 Å². The summed E-state index contributed by atoms with van der Waals surface area (Å²) in [6, 6.07) is 15.6. The number of hydrogen-bond acceptors (Lipinski definition) is 5. The van der Waals surface area contributed by atoms with Gasteiger partial charge in [-0.25, -0.2) is 0 Å². The van der Waals surface area contributed by atoms with E-state index in [1.165, 1.54) is 0 Å². The molecule has 0 aliphatic carbocycles. The Bertz CT molecular complexity index is 748. The van der Waals surface area contributed by atoms with Gasteiger partial charge in [-0.05, 0) is 36.4 Å². The van der Waals surface area contributed by atoms with Crippen molar-refractivity contribution in [3.05, 3.63) is 64.7 Å². The highest BCUT2D eigenvalue weighted by molar-refractivity contribution is 6.05. The van der Waals surface area contributed by atoms with Crippen LogP contribution in [0.1, 0.15) is 6.42 Å². The standard InChI is InChI=1S/C18H18N2O5/c1-24-14-9-7-13(8-10-14)20-16(11-12-19(22)23)17(18(20)21)25-15-5-3-2-4-6-15/h2-10,16-17H,11-12H2,1H3/t16-,17+/m0/s1. The van der Waals surface area contributed by atoms with Gasteiger partial charge in [0.15, 0.2) is 6.10 Å². The molecule has 1 aliphatic heterocycles. The van der Waals surface area contributed by atoms with Gasteiger partial charge in [0.05, 0.1) is 13.2 Å². The summed E-state index contributed by atoms with van der Waals surface area (Å²) in [4.78, 5) is 24.5. The number of ether oxygens (including phenoxy) is 2. The highest BCUT2D eigenvalue weighted by Crippen LogP contribution is 2.33. The summed E-state index contributed by atoms with van der Waals surface area (Å²) in [5, 5.41) is 10.8. The zero-order chi connectivity index (χ0) is 17.8. The van der Waals surface area contributed by atoms with Gasteiger partial charge in [0.2, 0.25) is 6.54 Å². The topological polar surface area (TPSA) is 81.9 Å². The summed E-state index contributed by atoms with van der Waals surface area (Å²) in [7, 11) is 1.56. The fourth-order valence-corrected chi connectivity index (χ4v) is 2.87. The number of carbonyl (C=O) groups is 1. The molecule has 2 atom stereocenters. The van der Waals surface area contributed by atoms with Gasteiger partial charge in [0.25, 0.3) is 5.91 Å². The lowest BCUT2D eigenvalue weighted by Gasteiger charge is -2.46. The Kier molecular flexibility index (Phi) is 4.83. The van der Waals surface area contributed by atoms with Crippen molar-refractivity contribution in [3.8, 4) is 11.5 Å². The summed E-state index contributed by atoms with van der Waals surface area (Å²) in [5.41, 5.74) is 0.673. The van der Waals surface area contributed by atoms with Gasteiger partial charge in [0.1, 0.15) is 11.5 Å². The second-order valence-corrected chi connectivity index (χ2v) is 5.67. The van der Waals surface area contributed by atoms with Crippen LogP contribution >= 0.6 is 0 Å². The van der Waals surface area contributed by atoms with Crippen LogP contribution < -0.4 is 14.4 Å². The van der Waals surface area contributed by atoms with E-state index in [1.54, 1.807) is 48.4 Å². The van der Waals surface area contributed by atoms with Crippen LogP contribution in [0.3, 0.4) is 0 Å². The molecule has 1 amide bonds. The van der Waals surface area contributed by atoms with Crippen molar-refractivity contribution in [1.82, 2.24) is 0 Å². The molecule has 0 spiro atoms. The molecule has 25 heavy (non-hydrogen) atoms. The van der Waals surface area contributed by atoms with Crippen LogP contribution in [-0.4, -0.2) is 36.6 Å². The minimum absolute atomic E-state index is 0.206. The SMILES string of the molecule is COc1ccc(N2C(=O)[C@H](Oc3ccccc3)[C@@H]2CC[N+](=O)[O-])cc1. The van der Waals surface area contributed by atoms with Crippen LogP contribution in [0, 0.1) is 10.1 Å². The molecule has 130 valence electrons. The maximum absolute atomic E-state index is 12.6. The normalized spacial score (nSPS) is 19.2. The van der Waals surface area contributed by atoms with Gasteiger partial charge < -0.3 is 14.4 Å². The summed E-state index contributed by atoms with van der Waals surface area (Å²) in [6.07, 6.45) is -0.494. The van der Waals surface area contributed by atoms with E-state index in [0.29, 0.717) is 17.2 Å². The third kappa shape index (κ3) is 3.55. The molecular weight excluding hydrogens is 324 g/mol. The molecule has 0 N–H and O–H groups in total. The Morgan fingerprint density at radius 3 is 2.36 bits per heavy atom. The van der Waals surface area contributed by atoms with E-state index in [4.69, 9.17) is 9.47 Å². The summed E-state index contributed by atoms with van der Waals surface area (Å²) in [6.45, 7) is -0.223. The number of benzene rings is 2. The number of methoxy groups -OCH3 is 1. The van der Waals surface area contributed by atoms with Crippen LogP contribution in [0.5, 0.6) is 11.5 Å². The number of para-hydroxylation sites is 1. The summed E-state index contributed by atoms with van der Waals surface area (Å²) < 4.78 is 10.9. The van der Waals surface area contributed by atoms with Crippen molar-refractivity contribution in [2.45, 2.75) is 18.6 Å². The Morgan fingerprint density at radius 1 is 1.08 bits per heavy atom. The number of nitrogens with zero attached hydrogens (tertiary/aromatic N) is 2. The number of rotatable bonds is 7. The maximum Gasteiger partial charge on any atom is 0.270 e. The first-order valence-electron chi connectivity index (χ1n) is 7.91. The van der Waals surface area contributed by atoms with E-state index in [9.17, 15) is 14.9 Å².